The van der Waals surface area contributed by atoms with Gasteiger partial charge in [0.2, 0.25) is 0 Å². The summed E-state index contributed by atoms with van der Waals surface area (Å²) in [6, 6.07) is 19.9. The number of halogens is 4. The molecule has 0 saturated carbocycles. The van der Waals surface area contributed by atoms with Gasteiger partial charge in [0.05, 0.1) is 12.1 Å². The van der Waals surface area contributed by atoms with Crippen LogP contribution in [0.4, 0.5) is 22.4 Å². The van der Waals surface area contributed by atoms with E-state index in [-0.39, 0.29) is 38.1 Å². The summed E-state index contributed by atoms with van der Waals surface area (Å²) in [7, 11) is 0. The van der Waals surface area contributed by atoms with Crippen molar-refractivity contribution in [1.82, 2.24) is 4.90 Å². The second-order valence-electron chi connectivity index (χ2n) is 9.25. The Kier molecular flexibility index (Phi) is 6.87. The zero-order valence-corrected chi connectivity index (χ0v) is 20.6. The second-order valence-corrected chi connectivity index (χ2v) is 9.25. The van der Waals surface area contributed by atoms with E-state index in [4.69, 9.17) is 15.6 Å². The second kappa shape index (κ2) is 10.2. The maximum absolute atomic E-state index is 14.2. The highest BCUT2D eigenvalue weighted by atomic mass is 19.4. The minimum Gasteiger partial charge on any atom is -0.829 e. The van der Waals surface area contributed by atoms with Gasteiger partial charge in [-0.2, -0.15) is 17.8 Å². The number of ether oxygens (including phenoxy) is 1. The molecule has 3 aromatic carbocycles. The van der Waals surface area contributed by atoms with Crippen molar-refractivity contribution in [3.05, 3.63) is 113 Å². The van der Waals surface area contributed by atoms with Crippen molar-refractivity contribution < 1.29 is 36.8 Å². The molecule has 1 amide bonds. The number of benzene rings is 3. The Morgan fingerprint density at radius 2 is 1.67 bits per heavy atom. The molecule has 1 unspecified atom stereocenters. The normalized spacial score (nSPS) is 19.2. The number of rotatable bonds is 5. The quantitative estimate of drug-likeness (QED) is 0.381. The molecule has 1 fully saturated rings. The van der Waals surface area contributed by atoms with E-state index in [1.54, 1.807) is 0 Å². The number of likely N-dealkylation sites (tertiary alicyclic amines) is 1. The van der Waals surface area contributed by atoms with Crippen molar-refractivity contribution >= 4 is 11.8 Å². The summed E-state index contributed by atoms with van der Waals surface area (Å²) in [5.41, 5.74) is 7.53. The van der Waals surface area contributed by atoms with Gasteiger partial charge in [-0.15, -0.1) is 0 Å². The molecule has 2 heterocycles. The Morgan fingerprint density at radius 3 is 2.21 bits per heavy atom. The number of carbonyl (C=O) groups is 1. The fraction of sp³-hybridized carbons (Fsp3) is 0.214. The Labute approximate surface area is 221 Å². The van der Waals surface area contributed by atoms with Crippen LogP contribution in [0.1, 0.15) is 29.2 Å². The molecule has 11 heteroatoms. The number of nitrogens with zero attached hydrogens (tertiary/aromatic N) is 3. The molecule has 0 aliphatic carbocycles. The van der Waals surface area contributed by atoms with E-state index >= 15 is 0 Å². The Bertz CT molecular complexity index is 1400. The molecule has 39 heavy (non-hydrogen) atoms. The first-order valence-corrected chi connectivity index (χ1v) is 12.2. The lowest BCUT2D eigenvalue weighted by atomic mass is 9.96. The van der Waals surface area contributed by atoms with E-state index in [9.17, 15) is 27.5 Å². The van der Waals surface area contributed by atoms with Crippen LogP contribution < -0.4 is 15.6 Å². The third-order valence-electron chi connectivity index (χ3n) is 6.88. The van der Waals surface area contributed by atoms with Crippen LogP contribution in [0.3, 0.4) is 0 Å². The molecule has 3 aromatic rings. The predicted octanol–water partition coefficient (Wildman–Crippen LogP) is 4.51. The van der Waals surface area contributed by atoms with Crippen molar-refractivity contribution in [1.29, 1.82) is 0 Å². The average molecular weight is 541 g/mol. The van der Waals surface area contributed by atoms with Crippen LogP contribution >= 0.6 is 0 Å². The first kappa shape index (κ1) is 26.4. The minimum atomic E-state index is -4.74. The third-order valence-corrected chi connectivity index (χ3v) is 6.88. The molecule has 0 aromatic heterocycles. The molecule has 0 bridgehead atoms. The molecular formula is C28H24F4N4O3. The Morgan fingerprint density at radius 1 is 1.05 bits per heavy atom. The van der Waals surface area contributed by atoms with Crippen molar-refractivity contribution in [3.8, 4) is 5.75 Å². The van der Waals surface area contributed by atoms with Gasteiger partial charge < -0.3 is 14.7 Å². The summed E-state index contributed by atoms with van der Waals surface area (Å²) in [5.74, 6) is -2.22. The maximum atomic E-state index is 14.2. The molecule has 7 nitrogen and oxygen atoms in total. The molecule has 5 rings (SSSR count). The van der Waals surface area contributed by atoms with Gasteiger partial charge in [0.1, 0.15) is 11.6 Å². The highest BCUT2D eigenvalue weighted by Crippen LogP contribution is 2.43. The van der Waals surface area contributed by atoms with Gasteiger partial charge in [0.15, 0.2) is 24.3 Å². The van der Waals surface area contributed by atoms with Crippen molar-refractivity contribution in [2.24, 2.45) is 10.8 Å². The summed E-state index contributed by atoms with van der Waals surface area (Å²) in [5, 5.41) is 18.7. The molecule has 2 N–H and O–H groups in total. The molecule has 2 aliphatic rings. The number of carbonyl (C=O) groups excluding carboxylic acids is 1. The summed E-state index contributed by atoms with van der Waals surface area (Å²) in [6.45, 7) is -0.160. The lowest BCUT2D eigenvalue weighted by Crippen LogP contribution is -2.51. The number of piperidine rings is 1. The van der Waals surface area contributed by atoms with Crippen molar-refractivity contribution in [3.63, 3.8) is 0 Å². The van der Waals surface area contributed by atoms with Crippen LogP contribution in [0.25, 0.3) is 0 Å². The molecule has 0 spiro atoms. The maximum Gasteiger partial charge on any atom is 0.416 e. The number of quaternary nitrogens is 1. The number of amides is 1. The highest BCUT2D eigenvalue weighted by Gasteiger charge is 2.47. The largest absolute Gasteiger partial charge is 0.829 e. The summed E-state index contributed by atoms with van der Waals surface area (Å²) in [6.07, 6.45) is -5.54. The van der Waals surface area contributed by atoms with Gasteiger partial charge in [-0.3, -0.25) is 5.73 Å². The number of fused-ring (bicyclic) bond motifs is 1. The van der Waals surface area contributed by atoms with Crippen molar-refractivity contribution in [2.75, 3.05) is 19.8 Å². The summed E-state index contributed by atoms with van der Waals surface area (Å²) < 4.78 is 57.4. The third kappa shape index (κ3) is 4.86. The minimum absolute atomic E-state index is 0.0765. The lowest BCUT2D eigenvalue weighted by molar-refractivity contribution is -0.960. The van der Waals surface area contributed by atoms with Gasteiger partial charge in [-0.1, -0.05) is 65.8 Å². The van der Waals surface area contributed by atoms with Crippen LogP contribution in [0, 0.1) is 5.82 Å². The fourth-order valence-corrected chi connectivity index (χ4v) is 5.00. The first-order valence-electron chi connectivity index (χ1n) is 12.2. The molecule has 1 saturated heterocycles. The molecule has 1 atom stereocenters. The van der Waals surface area contributed by atoms with Gasteiger partial charge in [-0.25, -0.2) is 9.18 Å². The van der Waals surface area contributed by atoms with E-state index in [1.807, 2.05) is 60.7 Å². The predicted molar refractivity (Wildman–Crippen MR) is 132 cm³/mol. The van der Waals surface area contributed by atoms with Gasteiger partial charge in [0.25, 0.3) is 0 Å². The summed E-state index contributed by atoms with van der Waals surface area (Å²) >= 11 is 0. The Balaban J connectivity index is 1.44. The Hall–Kier alpha value is -4.22. The number of hydrogen-bond acceptors (Lipinski definition) is 5. The standard InChI is InChI=1S/C28H24F4N4O3/c29-22-15-20(28(30,31)32)11-12-24(22)39-27(38)35-14-13-21-23(16-35)34-36(17-33,26(21)37)25(18-7-3-1-4-8-18)19-9-5-2-6-10-19/h1-12,15,25H,13-14,16-17,33H2. The van der Waals surface area contributed by atoms with E-state index in [0.717, 1.165) is 17.2 Å². The number of nitrogens with two attached hydrogens (primary N) is 1. The molecular weight excluding hydrogens is 516 g/mol. The SMILES string of the molecule is NC[N+]1(C(c2ccccc2)c2ccccc2)N=C2CN(C(=O)Oc3ccc(C(F)(F)F)cc3F)CCC2=C1[O-]. The summed E-state index contributed by atoms with van der Waals surface area (Å²) in [4.78, 5) is 14.0. The zero-order valence-electron chi connectivity index (χ0n) is 20.6. The van der Waals surface area contributed by atoms with Crippen LogP contribution in [0.5, 0.6) is 5.75 Å². The fourth-order valence-electron chi connectivity index (χ4n) is 5.00. The highest BCUT2D eigenvalue weighted by molar-refractivity contribution is 6.04. The molecule has 0 radical (unpaired) electrons. The van der Waals surface area contributed by atoms with Gasteiger partial charge >= 0.3 is 12.3 Å². The molecule has 2 aliphatic heterocycles. The van der Waals surface area contributed by atoms with E-state index in [2.05, 4.69) is 0 Å². The van der Waals surface area contributed by atoms with Crippen molar-refractivity contribution in [2.45, 2.75) is 18.6 Å². The van der Waals surface area contributed by atoms with Crippen LogP contribution in [-0.4, -0.2) is 41.1 Å². The van der Waals surface area contributed by atoms with E-state index < -0.39 is 40.0 Å². The average Bonchev–Trinajstić information content (AvgIpc) is 3.22. The van der Waals surface area contributed by atoms with E-state index in [1.165, 1.54) is 4.90 Å². The topological polar surface area (TPSA) is 91.0 Å². The smallest absolute Gasteiger partial charge is 0.416 e. The monoisotopic (exact) mass is 540 g/mol. The molecule has 202 valence electrons. The van der Waals surface area contributed by atoms with Crippen LogP contribution in [0.15, 0.2) is 95.4 Å². The number of alkyl halides is 3. The van der Waals surface area contributed by atoms with E-state index in [0.29, 0.717) is 17.4 Å². The lowest BCUT2D eigenvalue weighted by Gasteiger charge is -2.40. The zero-order chi connectivity index (χ0) is 27.8. The van der Waals surface area contributed by atoms with Gasteiger partial charge in [0, 0.05) is 23.2 Å². The van der Waals surface area contributed by atoms with Gasteiger partial charge in [-0.05, 0) is 24.6 Å². The van der Waals surface area contributed by atoms with Crippen LogP contribution in [0.2, 0.25) is 0 Å². The first-order chi connectivity index (χ1) is 18.6. The number of hydrogen-bond donors (Lipinski definition) is 1. The van der Waals surface area contributed by atoms with Crippen LogP contribution in [-0.2, 0) is 6.18 Å².